The number of nitrogens with one attached hydrogen (secondary N) is 2. The van der Waals surface area contributed by atoms with Gasteiger partial charge in [0, 0.05) is 43.1 Å². The quantitative estimate of drug-likeness (QED) is 0.904. The summed E-state index contributed by atoms with van der Waals surface area (Å²) < 4.78 is 0. The molecule has 1 aliphatic rings. The van der Waals surface area contributed by atoms with Crippen LogP contribution in [-0.2, 0) is 6.54 Å². The first kappa shape index (κ1) is 14.1. The summed E-state index contributed by atoms with van der Waals surface area (Å²) >= 11 is 0. The molecule has 0 amide bonds. The Labute approximate surface area is 125 Å². The third kappa shape index (κ3) is 3.24. The minimum atomic E-state index is 0.582. The minimum absolute atomic E-state index is 0.582. The van der Waals surface area contributed by atoms with Gasteiger partial charge in [0.1, 0.15) is 5.82 Å². The van der Waals surface area contributed by atoms with Crippen LogP contribution in [0.15, 0.2) is 24.4 Å². The minimum Gasteiger partial charge on any atom is -0.357 e. The van der Waals surface area contributed by atoms with E-state index in [0.29, 0.717) is 6.04 Å². The largest absolute Gasteiger partial charge is 0.357 e. The van der Waals surface area contributed by atoms with E-state index in [9.17, 15) is 0 Å². The van der Waals surface area contributed by atoms with Crippen molar-refractivity contribution in [2.24, 2.45) is 0 Å². The van der Waals surface area contributed by atoms with Crippen LogP contribution in [0.1, 0.15) is 29.8 Å². The number of aromatic amines is 1. The Kier molecular flexibility index (Phi) is 4.20. The van der Waals surface area contributed by atoms with E-state index in [4.69, 9.17) is 0 Å². The molecule has 5 heteroatoms. The fourth-order valence-electron chi connectivity index (χ4n) is 2.93. The molecule has 1 saturated heterocycles. The summed E-state index contributed by atoms with van der Waals surface area (Å²) in [6, 6.07) is 6.69. The second kappa shape index (κ2) is 6.26. The fourth-order valence-corrected chi connectivity index (χ4v) is 2.93. The second-order valence-electron chi connectivity index (χ2n) is 5.74. The molecule has 112 valence electrons. The molecule has 0 spiro atoms. The molecule has 5 nitrogen and oxygen atoms in total. The van der Waals surface area contributed by atoms with Crippen molar-refractivity contribution in [2.45, 2.75) is 39.3 Å². The van der Waals surface area contributed by atoms with Crippen LogP contribution in [0.25, 0.3) is 0 Å². The van der Waals surface area contributed by atoms with Crippen molar-refractivity contribution in [3.05, 3.63) is 41.3 Å². The molecule has 2 N–H and O–H groups in total. The zero-order valence-electron chi connectivity index (χ0n) is 12.8. The van der Waals surface area contributed by atoms with Crippen molar-refractivity contribution in [1.29, 1.82) is 0 Å². The van der Waals surface area contributed by atoms with Crippen LogP contribution in [0, 0.1) is 13.8 Å². The van der Waals surface area contributed by atoms with Gasteiger partial charge in [0.2, 0.25) is 0 Å². The molecule has 2 aromatic rings. The maximum Gasteiger partial charge on any atom is 0.128 e. The standard InChI is InChI=1S/C16H23N5/c1-12-15(13(2)20-19-12)11-18-14-6-9-21(10-7-14)16-5-3-4-8-17-16/h3-5,8,14,18H,6-7,9-11H2,1-2H3,(H,19,20). The molecular formula is C16H23N5. The van der Waals surface area contributed by atoms with Gasteiger partial charge < -0.3 is 10.2 Å². The van der Waals surface area contributed by atoms with Crippen molar-refractivity contribution in [3.63, 3.8) is 0 Å². The van der Waals surface area contributed by atoms with Crippen LogP contribution >= 0.6 is 0 Å². The Morgan fingerprint density at radius 2 is 2.10 bits per heavy atom. The van der Waals surface area contributed by atoms with Crippen LogP contribution in [0.4, 0.5) is 5.82 Å². The smallest absolute Gasteiger partial charge is 0.128 e. The highest BCUT2D eigenvalue weighted by Crippen LogP contribution is 2.18. The van der Waals surface area contributed by atoms with E-state index in [1.54, 1.807) is 0 Å². The molecule has 0 unspecified atom stereocenters. The summed E-state index contributed by atoms with van der Waals surface area (Å²) in [5.41, 5.74) is 3.58. The van der Waals surface area contributed by atoms with E-state index in [2.05, 4.69) is 51.4 Å². The highest BCUT2D eigenvalue weighted by molar-refractivity contribution is 5.38. The van der Waals surface area contributed by atoms with Gasteiger partial charge in [-0.3, -0.25) is 5.10 Å². The van der Waals surface area contributed by atoms with Gasteiger partial charge in [0.25, 0.3) is 0 Å². The van der Waals surface area contributed by atoms with Crippen molar-refractivity contribution in [2.75, 3.05) is 18.0 Å². The van der Waals surface area contributed by atoms with E-state index < -0.39 is 0 Å². The topological polar surface area (TPSA) is 56.8 Å². The SMILES string of the molecule is Cc1n[nH]c(C)c1CNC1CCN(c2ccccn2)CC1. The normalized spacial score (nSPS) is 16.4. The van der Waals surface area contributed by atoms with Crippen LogP contribution in [0.2, 0.25) is 0 Å². The van der Waals surface area contributed by atoms with Gasteiger partial charge in [0.05, 0.1) is 5.69 Å². The first-order valence-electron chi connectivity index (χ1n) is 7.64. The number of anilines is 1. The molecule has 3 heterocycles. The summed E-state index contributed by atoms with van der Waals surface area (Å²) in [6.07, 6.45) is 4.18. The number of hydrogen-bond donors (Lipinski definition) is 2. The summed E-state index contributed by atoms with van der Waals surface area (Å²) in [5.74, 6) is 1.09. The zero-order chi connectivity index (χ0) is 14.7. The molecule has 0 saturated carbocycles. The van der Waals surface area contributed by atoms with Crippen LogP contribution in [0.3, 0.4) is 0 Å². The molecule has 21 heavy (non-hydrogen) atoms. The van der Waals surface area contributed by atoms with Gasteiger partial charge in [0.15, 0.2) is 0 Å². The average Bonchev–Trinajstić information content (AvgIpc) is 2.85. The Morgan fingerprint density at radius 1 is 1.29 bits per heavy atom. The Bertz CT molecular complexity index is 550. The zero-order valence-corrected chi connectivity index (χ0v) is 12.8. The number of piperidine rings is 1. The van der Waals surface area contributed by atoms with Gasteiger partial charge in [-0.1, -0.05) is 6.07 Å². The van der Waals surface area contributed by atoms with Gasteiger partial charge in [-0.05, 0) is 38.8 Å². The lowest BCUT2D eigenvalue weighted by Gasteiger charge is -2.33. The van der Waals surface area contributed by atoms with E-state index in [1.807, 2.05) is 12.3 Å². The van der Waals surface area contributed by atoms with E-state index in [0.717, 1.165) is 44.0 Å². The number of hydrogen-bond acceptors (Lipinski definition) is 4. The highest BCUT2D eigenvalue weighted by Gasteiger charge is 2.20. The molecule has 0 atom stereocenters. The van der Waals surface area contributed by atoms with Crippen molar-refractivity contribution >= 4 is 5.82 Å². The summed E-state index contributed by atoms with van der Waals surface area (Å²) in [5, 5.41) is 11.0. The van der Waals surface area contributed by atoms with Gasteiger partial charge >= 0.3 is 0 Å². The molecule has 0 bridgehead atoms. The molecule has 2 aromatic heterocycles. The Hall–Kier alpha value is -1.88. The number of aromatic nitrogens is 3. The molecular weight excluding hydrogens is 262 g/mol. The Balaban J connectivity index is 1.50. The number of rotatable bonds is 4. The molecule has 0 aromatic carbocycles. The summed E-state index contributed by atoms with van der Waals surface area (Å²) in [7, 11) is 0. The third-order valence-corrected chi connectivity index (χ3v) is 4.32. The number of H-pyrrole nitrogens is 1. The maximum atomic E-state index is 4.43. The monoisotopic (exact) mass is 285 g/mol. The van der Waals surface area contributed by atoms with Crippen LogP contribution in [0.5, 0.6) is 0 Å². The summed E-state index contributed by atoms with van der Waals surface area (Å²) in [6.45, 7) is 7.18. The van der Waals surface area contributed by atoms with Crippen molar-refractivity contribution in [1.82, 2.24) is 20.5 Å². The first-order valence-corrected chi connectivity index (χ1v) is 7.64. The van der Waals surface area contributed by atoms with Crippen molar-refractivity contribution < 1.29 is 0 Å². The number of nitrogens with zero attached hydrogens (tertiary/aromatic N) is 3. The molecule has 1 aliphatic heterocycles. The molecule has 0 aliphatic carbocycles. The van der Waals surface area contributed by atoms with Gasteiger partial charge in [-0.25, -0.2) is 4.98 Å². The Morgan fingerprint density at radius 3 is 2.71 bits per heavy atom. The van der Waals surface area contributed by atoms with E-state index in [-0.39, 0.29) is 0 Å². The van der Waals surface area contributed by atoms with Crippen LogP contribution < -0.4 is 10.2 Å². The van der Waals surface area contributed by atoms with Gasteiger partial charge in [-0.15, -0.1) is 0 Å². The second-order valence-corrected chi connectivity index (χ2v) is 5.74. The number of pyridine rings is 1. The maximum absolute atomic E-state index is 4.43. The highest BCUT2D eigenvalue weighted by atomic mass is 15.2. The first-order chi connectivity index (χ1) is 10.2. The van der Waals surface area contributed by atoms with E-state index in [1.165, 1.54) is 11.3 Å². The van der Waals surface area contributed by atoms with E-state index >= 15 is 0 Å². The lowest BCUT2D eigenvalue weighted by atomic mass is 10.0. The summed E-state index contributed by atoms with van der Waals surface area (Å²) in [4.78, 5) is 6.80. The molecule has 1 fully saturated rings. The predicted octanol–water partition coefficient (Wildman–Crippen LogP) is 2.18. The molecule has 3 rings (SSSR count). The number of aryl methyl sites for hydroxylation is 2. The van der Waals surface area contributed by atoms with Crippen LogP contribution in [-0.4, -0.2) is 34.3 Å². The fraction of sp³-hybridized carbons (Fsp3) is 0.500. The molecule has 0 radical (unpaired) electrons. The average molecular weight is 285 g/mol. The lowest BCUT2D eigenvalue weighted by Crippen LogP contribution is -2.42. The third-order valence-electron chi connectivity index (χ3n) is 4.32. The lowest BCUT2D eigenvalue weighted by molar-refractivity contribution is 0.412. The predicted molar refractivity (Wildman–Crippen MR) is 84.4 cm³/mol. The van der Waals surface area contributed by atoms with Crippen molar-refractivity contribution in [3.8, 4) is 0 Å². The van der Waals surface area contributed by atoms with Gasteiger partial charge in [-0.2, -0.15) is 5.10 Å².